The number of hydrogen-bond donors (Lipinski definition) is 1. The number of aromatic amines is 1. The molecular formula is C24H29N3O3S. The van der Waals surface area contributed by atoms with Crippen molar-refractivity contribution < 1.29 is 14.2 Å². The van der Waals surface area contributed by atoms with Crippen LogP contribution in [-0.4, -0.2) is 40.1 Å². The third kappa shape index (κ3) is 4.73. The molecule has 1 aliphatic carbocycles. The maximum absolute atomic E-state index is 6.27. The van der Waals surface area contributed by atoms with Gasteiger partial charge in [-0.2, -0.15) is 0 Å². The fourth-order valence-electron chi connectivity index (χ4n) is 4.41. The van der Waals surface area contributed by atoms with Crippen LogP contribution in [0.5, 0.6) is 5.75 Å². The lowest BCUT2D eigenvalue weighted by Gasteiger charge is -2.31. The summed E-state index contributed by atoms with van der Waals surface area (Å²) in [5, 5.41) is 0.906. The fourth-order valence-corrected chi connectivity index (χ4v) is 5.32. The van der Waals surface area contributed by atoms with Crippen molar-refractivity contribution in [3.63, 3.8) is 0 Å². The Balaban J connectivity index is 1.14. The van der Waals surface area contributed by atoms with Gasteiger partial charge in [0.15, 0.2) is 10.9 Å². The number of ether oxygens (including phenoxy) is 3. The molecule has 7 heteroatoms. The van der Waals surface area contributed by atoms with Crippen LogP contribution in [0.3, 0.4) is 0 Å². The van der Waals surface area contributed by atoms with Gasteiger partial charge in [-0.3, -0.25) is 4.98 Å². The van der Waals surface area contributed by atoms with E-state index >= 15 is 0 Å². The third-order valence-corrected chi connectivity index (χ3v) is 7.08. The highest BCUT2D eigenvalue weighted by Gasteiger charge is 2.41. The van der Waals surface area contributed by atoms with E-state index in [1.165, 1.54) is 19.3 Å². The molecule has 1 aliphatic heterocycles. The highest BCUT2D eigenvalue weighted by atomic mass is 32.2. The number of pyridine rings is 1. The van der Waals surface area contributed by atoms with Crippen molar-refractivity contribution in [2.75, 3.05) is 13.2 Å². The van der Waals surface area contributed by atoms with Crippen LogP contribution in [0.1, 0.15) is 49.8 Å². The van der Waals surface area contributed by atoms with E-state index in [-0.39, 0.29) is 11.9 Å². The quantitative estimate of drug-likeness (QED) is 0.497. The molecule has 1 saturated carbocycles. The zero-order chi connectivity index (χ0) is 21.1. The maximum Gasteiger partial charge on any atom is 0.168 e. The first-order valence-electron chi connectivity index (χ1n) is 11.2. The van der Waals surface area contributed by atoms with Crippen molar-refractivity contribution in [3.8, 4) is 5.75 Å². The molecule has 1 atom stereocenters. The van der Waals surface area contributed by atoms with Crippen molar-refractivity contribution in [2.24, 2.45) is 0 Å². The molecule has 5 rings (SSSR count). The van der Waals surface area contributed by atoms with Gasteiger partial charge in [0, 0.05) is 36.8 Å². The summed E-state index contributed by atoms with van der Waals surface area (Å²) in [6.45, 7) is 3.37. The molecule has 2 fully saturated rings. The van der Waals surface area contributed by atoms with Gasteiger partial charge in [-0.05, 0) is 38.0 Å². The van der Waals surface area contributed by atoms with Gasteiger partial charge in [-0.1, -0.05) is 30.3 Å². The molecule has 0 amide bonds. The number of nitrogens with zero attached hydrogens (tertiary/aromatic N) is 2. The number of hydrogen-bond acceptors (Lipinski definition) is 6. The zero-order valence-electron chi connectivity index (χ0n) is 17.9. The largest absolute Gasteiger partial charge is 0.493 e. The predicted molar refractivity (Wildman–Crippen MR) is 121 cm³/mol. The van der Waals surface area contributed by atoms with Crippen LogP contribution in [0.15, 0.2) is 41.7 Å². The number of H-pyrrole nitrogens is 1. The van der Waals surface area contributed by atoms with Crippen LogP contribution in [0.25, 0.3) is 11.0 Å². The normalized spacial score (nSPS) is 20.5. The van der Waals surface area contributed by atoms with Crippen molar-refractivity contribution in [2.45, 2.75) is 68.2 Å². The van der Waals surface area contributed by atoms with E-state index in [9.17, 15) is 0 Å². The average Bonchev–Trinajstić information content (AvgIpc) is 3.38. The number of fused-ring (bicyclic) bond motifs is 1. The summed E-state index contributed by atoms with van der Waals surface area (Å²) in [6, 6.07) is 10.0. The van der Waals surface area contributed by atoms with Gasteiger partial charge in [-0.15, -0.1) is 0 Å². The Morgan fingerprint density at radius 1 is 1.19 bits per heavy atom. The standard InChI is InChI=1S/C24H29N3O3S/c1-17-21(16-31-23-26-19-7-3-4-8-20(19)27-23)25-13-9-22(17)28-14-10-18-15-29-24(30-18)11-5-2-6-12-24/h3-4,7-9,13,18H,2,5-6,10-12,14-16H2,1H3,(H,26,27). The van der Waals surface area contributed by atoms with E-state index in [0.717, 1.165) is 58.2 Å². The van der Waals surface area contributed by atoms with Crippen LogP contribution >= 0.6 is 11.8 Å². The van der Waals surface area contributed by atoms with Gasteiger partial charge in [0.1, 0.15) is 5.75 Å². The Morgan fingerprint density at radius 3 is 2.94 bits per heavy atom. The van der Waals surface area contributed by atoms with Crippen molar-refractivity contribution >= 4 is 22.8 Å². The lowest BCUT2D eigenvalue weighted by atomic mass is 9.94. The monoisotopic (exact) mass is 439 g/mol. The summed E-state index contributed by atoms with van der Waals surface area (Å²) < 4.78 is 18.4. The zero-order valence-corrected chi connectivity index (χ0v) is 18.7. The number of rotatable bonds is 7. The molecule has 0 radical (unpaired) electrons. The molecule has 1 saturated heterocycles. The Hall–Kier alpha value is -2.09. The topological polar surface area (TPSA) is 69.3 Å². The molecule has 3 aromatic rings. The summed E-state index contributed by atoms with van der Waals surface area (Å²) >= 11 is 1.66. The predicted octanol–water partition coefficient (Wildman–Crippen LogP) is 5.40. The molecular weight excluding hydrogens is 410 g/mol. The first-order valence-corrected chi connectivity index (χ1v) is 12.2. The smallest absolute Gasteiger partial charge is 0.168 e. The van der Waals surface area contributed by atoms with Crippen LogP contribution in [0.2, 0.25) is 0 Å². The summed E-state index contributed by atoms with van der Waals surface area (Å²) in [6.07, 6.45) is 8.54. The summed E-state index contributed by atoms with van der Waals surface area (Å²) in [5.74, 6) is 1.32. The molecule has 31 heavy (non-hydrogen) atoms. The average molecular weight is 440 g/mol. The second-order valence-corrected chi connectivity index (χ2v) is 9.35. The Bertz CT molecular complexity index is 999. The molecule has 2 aromatic heterocycles. The van der Waals surface area contributed by atoms with Crippen molar-refractivity contribution in [1.82, 2.24) is 15.0 Å². The lowest BCUT2D eigenvalue weighted by Crippen LogP contribution is -2.33. The molecule has 3 heterocycles. The van der Waals surface area contributed by atoms with E-state index in [4.69, 9.17) is 14.2 Å². The number of thioether (sulfide) groups is 1. The highest BCUT2D eigenvalue weighted by molar-refractivity contribution is 7.98. The summed E-state index contributed by atoms with van der Waals surface area (Å²) in [4.78, 5) is 12.6. The van der Waals surface area contributed by atoms with Gasteiger partial charge in [0.25, 0.3) is 0 Å². The molecule has 1 unspecified atom stereocenters. The van der Waals surface area contributed by atoms with Gasteiger partial charge in [-0.25, -0.2) is 4.98 Å². The highest BCUT2D eigenvalue weighted by Crippen LogP contribution is 2.38. The fraction of sp³-hybridized carbons (Fsp3) is 0.500. The lowest BCUT2D eigenvalue weighted by molar-refractivity contribution is -0.187. The van der Waals surface area contributed by atoms with E-state index in [1.54, 1.807) is 11.8 Å². The maximum atomic E-state index is 6.27. The molecule has 6 nitrogen and oxygen atoms in total. The molecule has 164 valence electrons. The first kappa shape index (κ1) is 20.8. The SMILES string of the molecule is Cc1c(OCCC2COC3(CCCCC3)O2)ccnc1CSc1nc2ccccc2[nH]1. The van der Waals surface area contributed by atoms with Crippen LogP contribution in [0.4, 0.5) is 0 Å². The van der Waals surface area contributed by atoms with Crippen LogP contribution < -0.4 is 4.74 Å². The van der Waals surface area contributed by atoms with E-state index in [1.807, 2.05) is 36.5 Å². The van der Waals surface area contributed by atoms with E-state index in [0.29, 0.717) is 13.2 Å². The first-order chi connectivity index (χ1) is 15.2. The molecule has 1 N–H and O–H groups in total. The Kier molecular flexibility index (Phi) is 6.16. The van der Waals surface area contributed by atoms with Crippen LogP contribution in [-0.2, 0) is 15.2 Å². The van der Waals surface area contributed by atoms with Crippen LogP contribution in [0, 0.1) is 6.92 Å². The third-order valence-electron chi connectivity index (χ3n) is 6.20. The number of nitrogens with one attached hydrogen (secondary N) is 1. The van der Waals surface area contributed by atoms with E-state index < -0.39 is 0 Å². The number of imidazole rings is 1. The summed E-state index contributed by atoms with van der Waals surface area (Å²) in [5.41, 5.74) is 4.14. The molecule has 2 aliphatic rings. The Morgan fingerprint density at radius 2 is 2.06 bits per heavy atom. The number of aromatic nitrogens is 3. The minimum absolute atomic E-state index is 0.128. The van der Waals surface area contributed by atoms with Gasteiger partial charge in [0.05, 0.1) is 36.0 Å². The second-order valence-electron chi connectivity index (χ2n) is 8.39. The number of para-hydroxylation sites is 2. The minimum atomic E-state index is -0.309. The summed E-state index contributed by atoms with van der Waals surface area (Å²) in [7, 11) is 0. The second kappa shape index (κ2) is 9.18. The van der Waals surface area contributed by atoms with E-state index in [2.05, 4.69) is 21.9 Å². The number of benzene rings is 1. The molecule has 1 spiro atoms. The van der Waals surface area contributed by atoms with Gasteiger partial charge >= 0.3 is 0 Å². The van der Waals surface area contributed by atoms with Crippen molar-refractivity contribution in [3.05, 3.63) is 47.8 Å². The molecule has 1 aromatic carbocycles. The minimum Gasteiger partial charge on any atom is -0.493 e. The Labute approximate surface area is 187 Å². The van der Waals surface area contributed by atoms with Gasteiger partial charge < -0.3 is 19.2 Å². The van der Waals surface area contributed by atoms with Gasteiger partial charge in [0.2, 0.25) is 0 Å². The molecule has 0 bridgehead atoms. The van der Waals surface area contributed by atoms with Crippen molar-refractivity contribution in [1.29, 1.82) is 0 Å².